The number of rotatable bonds is 6. The number of nitrogens with one attached hydrogen (secondary N) is 1. The number of benzene rings is 1. The van der Waals surface area contributed by atoms with Gasteiger partial charge < -0.3 is 14.8 Å². The van der Waals surface area contributed by atoms with Gasteiger partial charge in [0.25, 0.3) is 0 Å². The first-order valence-electron chi connectivity index (χ1n) is 6.70. The van der Waals surface area contributed by atoms with Gasteiger partial charge in [-0.3, -0.25) is 4.98 Å². The summed E-state index contributed by atoms with van der Waals surface area (Å²) in [5.74, 6) is 1.17. The molecule has 0 saturated carbocycles. The van der Waals surface area contributed by atoms with Crippen LogP contribution in [0.5, 0.6) is 11.5 Å². The van der Waals surface area contributed by atoms with Gasteiger partial charge in [0, 0.05) is 12.2 Å². The second kappa shape index (κ2) is 7.29. The molecule has 1 aromatic heterocycles. The molecule has 0 amide bonds. The molecule has 1 N–H and O–H groups in total. The fourth-order valence-electron chi connectivity index (χ4n) is 2.05. The molecule has 0 aliphatic rings. The first-order valence-corrected chi connectivity index (χ1v) is 7.08. The monoisotopic (exact) mass is 306 g/mol. The molecule has 1 aromatic carbocycles. The SMILES string of the molecule is CNCc1cc(Cl)c(OCc2cccc(C)n2)c(OC)c1. The van der Waals surface area contributed by atoms with Gasteiger partial charge in [0.15, 0.2) is 11.5 Å². The average molecular weight is 307 g/mol. The Morgan fingerprint density at radius 1 is 1.29 bits per heavy atom. The molecule has 112 valence electrons. The average Bonchev–Trinajstić information content (AvgIpc) is 2.46. The fourth-order valence-corrected chi connectivity index (χ4v) is 2.33. The fraction of sp³-hybridized carbons (Fsp3) is 0.312. The number of halogens is 1. The van der Waals surface area contributed by atoms with Crippen LogP contribution in [-0.4, -0.2) is 19.1 Å². The van der Waals surface area contributed by atoms with Gasteiger partial charge in [-0.1, -0.05) is 17.7 Å². The van der Waals surface area contributed by atoms with E-state index < -0.39 is 0 Å². The number of aryl methyl sites for hydroxylation is 1. The van der Waals surface area contributed by atoms with Gasteiger partial charge in [-0.25, -0.2) is 0 Å². The number of pyridine rings is 1. The Bertz CT molecular complexity index is 617. The molecule has 5 heteroatoms. The quantitative estimate of drug-likeness (QED) is 0.889. The Labute approximate surface area is 130 Å². The molecule has 2 rings (SSSR count). The predicted octanol–water partition coefficient (Wildman–Crippen LogP) is 3.35. The smallest absolute Gasteiger partial charge is 0.180 e. The van der Waals surface area contributed by atoms with Crippen LogP contribution >= 0.6 is 11.6 Å². The van der Waals surface area contributed by atoms with Crippen molar-refractivity contribution in [1.29, 1.82) is 0 Å². The largest absolute Gasteiger partial charge is 0.493 e. The lowest BCUT2D eigenvalue weighted by Gasteiger charge is -2.14. The van der Waals surface area contributed by atoms with Crippen LogP contribution in [-0.2, 0) is 13.2 Å². The third kappa shape index (κ3) is 4.09. The lowest BCUT2D eigenvalue weighted by Crippen LogP contribution is -2.06. The number of hydrogen-bond acceptors (Lipinski definition) is 4. The summed E-state index contributed by atoms with van der Waals surface area (Å²) in [6.07, 6.45) is 0. The maximum Gasteiger partial charge on any atom is 0.180 e. The Morgan fingerprint density at radius 2 is 2.10 bits per heavy atom. The van der Waals surface area contributed by atoms with Gasteiger partial charge in [-0.2, -0.15) is 0 Å². The van der Waals surface area contributed by atoms with Crippen molar-refractivity contribution in [3.63, 3.8) is 0 Å². The highest BCUT2D eigenvalue weighted by atomic mass is 35.5. The molecule has 4 nitrogen and oxygen atoms in total. The van der Waals surface area contributed by atoms with E-state index in [-0.39, 0.29) is 0 Å². The van der Waals surface area contributed by atoms with Crippen LogP contribution in [0.1, 0.15) is 17.0 Å². The summed E-state index contributed by atoms with van der Waals surface area (Å²) in [5.41, 5.74) is 2.85. The minimum Gasteiger partial charge on any atom is -0.493 e. The Kier molecular flexibility index (Phi) is 5.42. The molecule has 0 fully saturated rings. The summed E-state index contributed by atoms with van der Waals surface area (Å²) >= 11 is 6.29. The minimum atomic E-state index is 0.350. The minimum absolute atomic E-state index is 0.350. The van der Waals surface area contributed by atoms with Crippen molar-refractivity contribution in [3.8, 4) is 11.5 Å². The van der Waals surface area contributed by atoms with E-state index in [0.29, 0.717) is 23.1 Å². The molecule has 0 spiro atoms. The van der Waals surface area contributed by atoms with E-state index in [4.69, 9.17) is 21.1 Å². The predicted molar refractivity (Wildman–Crippen MR) is 84.1 cm³/mol. The number of aromatic nitrogens is 1. The normalized spacial score (nSPS) is 10.5. The van der Waals surface area contributed by atoms with Gasteiger partial charge in [0.1, 0.15) is 6.61 Å². The number of ether oxygens (including phenoxy) is 2. The summed E-state index contributed by atoms with van der Waals surface area (Å²) in [7, 11) is 3.49. The highest BCUT2D eigenvalue weighted by molar-refractivity contribution is 6.32. The van der Waals surface area contributed by atoms with Crippen molar-refractivity contribution in [2.24, 2.45) is 0 Å². The molecule has 0 aliphatic carbocycles. The van der Waals surface area contributed by atoms with Gasteiger partial charge in [0.2, 0.25) is 0 Å². The zero-order chi connectivity index (χ0) is 15.2. The van der Waals surface area contributed by atoms with Crippen LogP contribution in [0.2, 0.25) is 5.02 Å². The van der Waals surface area contributed by atoms with E-state index in [0.717, 1.165) is 23.5 Å². The topological polar surface area (TPSA) is 43.4 Å². The van der Waals surface area contributed by atoms with Crippen LogP contribution in [0, 0.1) is 6.92 Å². The third-order valence-electron chi connectivity index (χ3n) is 2.98. The number of methoxy groups -OCH3 is 1. The Morgan fingerprint density at radius 3 is 2.76 bits per heavy atom. The van der Waals surface area contributed by atoms with E-state index in [1.54, 1.807) is 7.11 Å². The van der Waals surface area contributed by atoms with Crippen LogP contribution in [0.4, 0.5) is 0 Å². The Hall–Kier alpha value is -1.78. The van der Waals surface area contributed by atoms with Crippen molar-refractivity contribution in [1.82, 2.24) is 10.3 Å². The second-order valence-electron chi connectivity index (χ2n) is 4.70. The molecule has 21 heavy (non-hydrogen) atoms. The van der Waals surface area contributed by atoms with Crippen molar-refractivity contribution >= 4 is 11.6 Å². The summed E-state index contributed by atoms with van der Waals surface area (Å²) in [4.78, 5) is 4.40. The molecule has 0 aliphatic heterocycles. The molecule has 0 atom stereocenters. The van der Waals surface area contributed by atoms with E-state index in [2.05, 4.69) is 10.3 Å². The zero-order valence-electron chi connectivity index (χ0n) is 12.4. The molecule has 1 heterocycles. The van der Waals surface area contributed by atoms with Gasteiger partial charge in [0.05, 0.1) is 17.8 Å². The van der Waals surface area contributed by atoms with E-state index in [1.165, 1.54) is 0 Å². The van der Waals surface area contributed by atoms with Crippen molar-refractivity contribution in [2.75, 3.05) is 14.2 Å². The molecule has 2 aromatic rings. The molecule has 0 saturated heterocycles. The molecule has 0 unspecified atom stereocenters. The first-order chi connectivity index (χ1) is 10.1. The molecular formula is C16H19ClN2O2. The summed E-state index contributed by atoms with van der Waals surface area (Å²) in [6, 6.07) is 9.61. The van der Waals surface area contributed by atoms with Crippen molar-refractivity contribution in [3.05, 3.63) is 52.3 Å². The standard InChI is InChI=1S/C16H19ClN2O2/c1-11-5-4-6-13(19-11)10-21-16-14(17)7-12(9-18-2)8-15(16)20-3/h4-8,18H,9-10H2,1-3H3. The van der Waals surface area contributed by atoms with E-state index in [1.807, 2.05) is 44.3 Å². The number of nitrogens with zero attached hydrogens (tertiary/aromatic N) is 1. The highest BCUT2D eigenvalue weighted by Crippen LogP contribution is 2.36. The van der Waals surface area contributed by atoms with Crippen LogP contribution in [0.15, 0.2) is 30.3 Å². The lowest BCUT2D eigenvalue weighted by molar-refractivity contribution is 0.280. The highest BCUT2D eigenvalue weighted by Gasteiger charge is 2.12. The second-order valence-corrected chi connectivity index (χ2v) is 5.11. The van der Waals surface area contributed by atoms with Gasteiger partial charge in [-0.15, -0.1) is 0 Å². The molecule has 0 bridgehead atoms. The maximum atomic E-state index is 6.29. The van der Waals surface area contributed by atoms with E-state index >= 15 is 0 Å². The molecule has 0 radical (unpaired) electrons. The third-order valence-corrected chi connectivity index (χ3v) is 3.26. The zero-order valence-corrected chi connectivity index (χ0v) is 13.2. The summed E-state index contributed by atoms with van der Waals surface area (Å²) in [5, 5.41) is 3.62. The summed E-state index contributed by atoms with van der Waals surface area (Å²) < 4.78 is 11.2. The van der Waals surface area contributed by atoms with Crippen LogP contribution in [0.3, 0.4) is 0 Å². The first kappa shape index (κ1) is 15.6. The van der Waals surface area contributed by atoms with E-state index in [9.17, 15) is 0 Å². The van der Waals surface area contributed by atoms with Crippen molar-refractivity contribution < 1.29 is 9.47 Å². The lowest BCUT2D eigenvalue weighted by atomic mass is 10.2. The molecular weight excluding hydrogens is 288 g/mol. The van der Waals surface area contributed by atoms with Crippen LogP contribution < -0.4 is 14.8 Å². The van der Waals surface area contributed by atoms with Gasteiger partial charge >= 0.3 is 0 Å². The van der Waals surface area contributed by atoms with Crippen LogP contribution in [0.25, 0.3) is 0 Å². The number of hydrogen-bond donors (Lipinski definition) is 1. The maximum absolute atomic E-state index is 6.29. The summed E-state index contributed by atoms with van der Waals surface area (Å²) in [6.45, 7) is 3.02. The Balaban J connectivity index is 2.19. The van der Waals surface area contributed by atoms with Crippen molar-refractivity contribution in [2.45, 2.75) is 20.1 Å². The van der Waals surface area contributed by atoms with Gasteiger partial charge in [-0.05, 0) is 43.8 Å².